The average molecular weight is 290 g/mol. The summed E-state index contributed by atoms with van der Waals surface area (Å²) in [5, 5.41) is 0. The van der Waals surface area contributed by atoms with E-state index in [0.29, 0.717) is 32.8 Å². The lowest BCUT2D eigenvalue weighted by atomic mass is 9.88. The van der Waals surface area contributed by atoms with E-state index in [2.05, 4.69) is 0 Å². The molecule has 0 radical (unpaired) electrons. The Hall–Kier alpha value is -0.980. The highest BCUT2D eigenvalue weighted by atomic mass is 16.5. The van der Waals surface area contributed by atoms with Gasteiger partial charge < -0.3 is 18.9 Å². The van der Waals surface area contributed by atoms with Crippen molar-refractivity contribution in [2.45, 2.75) is 27.2 Å². The van der Waals surface area contributed by atoms with Gasteiger partial charge in [-0.2, -0.15) is 0 Å². The Morgan fingerprint density at radius 2 is 1.65 bits per heavy atom. The van der Waals surface area contributed by atoms with Gasteiger partial charge in [0.25, 0.3) is 0 Å². The van der Waals surface area contributed by atoms with E-state index in [9.17, 15) is 9.59 Å². The Morgan fingerprint density at radius 1 is 1.00 bits per heavy atom. The Balaban J connectivity index is 3.74. The number of rotatable bonds is 12. The SMILES string of the molecule is CCOC(=O)C(C)(C)C(=O)COCCCOCCOC. The van der Waals surface area contributed by atoms with Gasteiger partial charge in [0, 0.05) is 20.3 Å². The standard InChI is InChI=1S/C14H26O6/c1-5-20-13(16)14(2,3)12(15)11-19-8-6-7-18-10-9-17-4/h5-11H2,1-4H3. The summed E-state index contributed by atoms with van der Waals surface area (Å²) in [7, 11) is 1.61. The van der Waals surface area contributed by atoms with Gasteiger partial charge in [-0.25, -0.2) is 0 Å². The summed E-state index contributed by atoms with van der Waals surface area (Å²) >= 11 is 0. The summed E-state index contributed by atoms with van der Waals surface area (Å²) in [6.07, 6.45) is 0.691. The number of esters is 1. The van der Waals surface area contributed by atoms with Gasteiger partial charge in [-0.3, -0.25) is 9.59 Å². The smallest absolute Gasteiger partial charge is 0.319 e. The minimum Gasteiger partial charge on any atom is -0.465 e. The van der Waals surface area contributed by atoms with Crippen molar-refractivity contribution in [2.24, 2.45) is 5.41 Å². The molecule has 0 aromatic rings. The van der Waals surface area contributed by atoms with E-state index in [1.807, 2.05) is 0 Å². The van der Waals surface area contributed by atoms with Crippen LogP contribution < -0.4 is 0 Å². The molecule has 118 valence electrons. The van der Waals surface area contributed by atoms with Crippen LogP contribution in [0.5, 0.6) is 0 Å². The van der Waals surface area contributed by atoms with Crippen LogP contribution in [0, 0.1) is 5.41 Å². The molecule has 0 unspecified atom stereocenters. The van der Waals surface area contributed by atoms with Crippen molar-refractivity contribution < 1.29 is 28.5 Å². The van der Waals surface area contributed by atoms with Gasteiger partial charge in [-0.05, 0) is 27.2 Å². The minimum absolute atomic E-state index is 0.0934. The van der Waals surface area contributed by atoms with E-state index < -0.39 is 11.4 Å². The molecular formula is C14H26O6. The molecular weight excluding hydrogens is 264 g/mol. The first kappa shape index (κ1) is 19.0. The first-order valence-electron chi connectivity index (χ1n) is 6.81. The van der Waals surface area contributed by atoms with Crippen LogP contribution in [0.15, 0.2) is 0 Å². The van der Waals surface area contributed by atoms with E-state index in [1.165, 1.54) is 0 Å². The fraction of sp³-hybridized carbons (Fsp3) is 0.857. The molecule has 0 aromatic carbocycles. The van der Waals surface area contributed by atoms with Gasteiger partial charge >= 0.3 is 5.97 Å². The predicted octanol–water partition coefficient (Wildman–Crippen LogP) is 1.21. The zero-order chi connectivity index (χ0) is 15.4. The predicted molar refractivity (Wildman–Crippen MR) is 73.6 cm³/mol. The maximum Gasteiger partial charge on any atom is 0.319 e. The molecule has 0 amide bonds. The number of hydrogen-bond donors (Lipinski definition) is 0. The van der Waals surface area contributed by atoms with Gasteiger partial charge in [0.05, 0.1) is 19.8 Å². The lowest BCUT2D eigenvalue weighted by molar-refractivity contribution is -0.159. The van der Waals surface area contributed by atoms with Crippen LogP contribution in [0.4, 0.5) is 0 Å². The van der Waals surface area contributed by atoms with Gasteiger partial charge in [0.15, 0.2) is 5.78 Å². The van der Waals surface area contributed by atoms with Crippen molar-refractivity contribution in [2.75, 3.05) is 46.8 Å². The van der Waals surface area contributed by atoms with Crippen LogP contribution in [0.3, 0.4) is 0 Å². The highest BCUT2D eigenvalue weighted by molar-refractivity contribution is 6.03. The summed E-state index contributed by atoms with van der Waals surface area (Å²) in [6, 6.07) is 0. The summed E-state index contributed by atoms with van der Waals surface area (Å²) < 4.78 is 20.2. The van der Waals surface area contributed by atoms with Crippen LogP contribution in [0.1, 0.15) is 27.2 Å². The Kier molecular flexibility index (Phi) is 10.2. The molecule has 0 saturated carbocycles. The molecule has 0 saturated heterocycles. The Labute approximate surface area is 120 Å². The molecule has 6 heteroatoms. The number of ether oxygens (including phenoxy) is 4. The van der Waals surface area contributed by atoms with Crippen LogP contribution in [-0.2, 0) is 28.5 Å². The second kappa shape index (κ2) is 10.8. The molecule has 0 rings (SSSR count). The second-order valence-electron chi connectivity index (χ2n) is 4.78. The molecule has 0 N–H and O–H groups in total. The maximum atomic E-state index is 11.9. The van der Waals surface area contributed by atoms with Crippen LogP contribution in [-0.4, -0.2) is 58.5 Å². The average Bonchev–Trinajstić information content (AvgIpc) is 2.41. The van der Waals surface area contributed by atoms with Crippen molar-refractivity contribution in [3.8, 4) is 0 Å². The summed E-state index contributed by atoms with van der Waals surface area (Å²) in [5.41, 5.74) is -1.16. The fourth-order valence-corrected chi connectivity index (χ4v) is 1.28. The Bertz CT molecular complexity index is 287. The van der Waals surface area contributed by atoms with Gasteiger partial charge in [-0.15, -0.1) is 0 Å². The fourth-order valence-electron chi connectivity index (χ4n) is 1.28. The minimum atomic E-state index is -1.16. The molecule has 0 aliphatic carbocycles. The number of ketones is 1. The molecule has 0 spiro atoms. The number of Topliss-reactive ketones (excluding diaryl/α,β-unsaturated/α-hetero) is 1. The molecule has 6 nitrogen and oxygen atoms in total. The van der Waals surface area contributed by atoms with Crippen molar-refractivity contribution in [1.82, 2.24) is 0 Å². The number of carbonyl (C=O) groups is 2. The van der Waals surface area contributed by atoms with Crippen LogP contribution in [0.2, 0.25) is 0 Å². The lowest BCUT2D eigenvalue weighted by Crippen LogP contribution is -2.37. The number of hydrogen-bond acceptors (Lipinski definition) is 6. The molecule has 0 atom stereocenters. The van der Waals surface area contributed by atoms with Crippen molar-refractivity contribution in [3.63, 3.8) is 0 Å². The first-order valence-corrected chi connectivity index (χ1v) is 6.81. The van der Waals surface area contributed by atoms with E-state index >= 15 is 0 Å². The van der Waals surface area contributed by atoms with Crippen molar-refractivity contribution in [3.05, 3.63) is 0 Å². The largest absolute Gasteiger partial charge is 0.465 e. The van der Waals surface area contributed by atoms with E-state index in [0.717, 1.165) is 0 Å². The number of carbonyl (C=O) groups excluding carboxylic acids is 2. The van der Waals surface area contributed by atoms with E-state index in [-0.39, 0.29) is 19.0 Å². The molecule has 0 heterocycles. The quantitative estimate of drug-likeness (QED) is 0.306. The molecule has 0 aromatic heterocycles. The van der Waals surface area contributed by atoms with E-state index in [1.54, 1.807) is 27.9 Å². The van der Waals surface area contributed by atoms with Gasteiger partial charge in [-0.1, -0.05) is 0 Å². The van der Waals surface area contributed by atoms with Crippen molar-refractivity contribution >= 4 is 11.8 Å². The highest BCUT2D eigenvalue weighted by Gasteiger charge is 2.37. The lowest BCUT2D eigenvalue weighted by Gasteiger charge is -2.20. The molecule has 0 bridgehead atoms. The zero-order valence-electron chi connectivity index (χ0n) is 12.9. The normalized spacial score (nSPS) is 11.4. The topological polar surface area (TPSA) is 71.1 Å². The highest BCUT2D eigenvalue weighted by Crippen LogP contribution is 2.19. The van der Waals surface area contributed by atoms with Crippen molar-refractivity contribution in [1.29, 1.82) is 0 Å². The molecule has 0 aliphatic rings. The monoisotopic (exact) mass is 290 g/mol. The van der Waals surface area contributed by atoms with Crippen LogP contribution in [0.25, 0.3) is 0 Å². The summed E-state index contributed by atoms with van der Waals surface area (Å²) in [4.78, 5) is 23.5. The molecule has 0 fully saturated rings. The first-order chi connectivity index (χ1) is 9.46. The third kappa shape index (κ3) is 7.57. The third-order valence-electron chi connectivity index (χ3n) is 2.73. The third-order valence-corrected chi connectivity index (χ3v) is 2.73. The van der Waals surface area contributed by atoms with Gasteiger partial charge in [0.2, 0.25) is 0 Å². The Morgan fingerprint density at radius 3 is 2.25 bits per heavy atom. The maximum absolute atomic E-state index is 11.9. The molecule has 20 heavy (non-hydrogen) atoms. The number of methoxy groups -OCH3 is 1. The summed E-state index contributed by atoms with van der Waals surface area (Å²) in [5.74, 6) is -0.798. The summed E-state index contributed by atoms with van der Waals surface area (Å²) in [6.45, 7) is 7.04. The van der Waals surface area contributed by atoms with E-state index in [4.69, 9.17) is 18.9 Å². The zero-order valence-corrected chi connectivity index (χ0v) is 12.9. The second-order valence-corrected chi connectivity index (χ2v) is 4.78. The van der Waals surface area contributed by atoms with Crippen LogP contribution >= 0.6 is 0 Å². The van der Waals surface area contributed by atoms with Gasteiger partial charge in [0.1, 0.15) is 12.0 Å². The molecule has 0 aliphatic heterocycles.